The average molecular weight is 383 g/mol. The van der Waals surface area contributed by atoms with Gasteiger partial charge in [0.25, 0.3) is 5.56 Å². The number of rotatable bonds is 3. The monoisotopic (exact) mass is 382 g/mol. The number of aromatic amines is 2. The number of benzene rings is 1. The molecule has 1 aromatic carbocycles. The van der Waals surface area contributed by atoms with E-state index in [0.717, 1.165) is 30.0 Å². The van der Waals surface area contributed by atoms with Crippen LogP contribution in [0.1, 0.15) is 55.3 Å². The Bertz CT molecular complexity index is 851. The summed E-state index contributed by atoms with van der Waals surface area (Å²) in [5.74, 6) is 1.09. The van der Waals surface area contributed by atoms with Gasteiger partial charge in [0.05, 0.1) is 10.0 Å². The first-order chi connectivity index (χ1) is 11.5. The summed E-state index contributed by atoms with van der Waals surface area (Å²) in [6.45, 7) is 2.28. The molecule has 2 N–H and O–H groups in total. The Morgan fingerprint density at radius 2 is 1.88 bits per heavy atom. The summed E-state index contributed by atoms with van der Waals surface area (Å²) in [6.07, 6.45) is 4.95. The Hall–Kier alpha value is -1.10. The first-order valence-electron chi connectivity index (χ1n) is 8.24. The lowest BCUT2D eigenvalue weighted by Crippen LogP contribution is -2.22. The molecule has 0 amide bonds. The third-order valence-corrected chi connectivity index (χ3v) is 5.96. The van der Waals surface area contributed by atoms with Crippen molar-refractivity contribution in [2.24, 2.45) is 5.92 Å². The summed E-state index contributed by atoms with van der Waals surface area (Å²) in [5.41, 5.74) is 2.40. The van der Waals surface area contributed by atoms with E-state index in [4.69, 9.17) is 35.4 Å². The van der Waals surface area contributed by atoms with E-state index in [2.05, 4.69) is 16.9 Å². The third kappa shape index (κ3) is 3.76. The van der Waals surface area contributed by atoms with Crippen molar-refractivity contribution in [1.29, 1.82) is 0 Å². The molecule has 0 atom stereocenters. The number of aromatic nitrogens is 2. The number of nitrogens with one attached hydrogen (secondary N) is 2. The Morgan fingerprint density at radius 3 is 2.58 bits per heavy atom. The normalized spacial score (nSPS) is 21.0. The Morgan fingerprint density at radius 1 is 1.17 bits per heavy atom. The molecule has 3 nitrogen and oxygen atoms in total. The van der Waals surface area contributed by atoms with E-state index in [1.54, 1.807) is 6.07 Å². The van der Waals surface area contributed by atoms with Gasteiger partial charge in [0.2, 0.25) is 0 Å². The van der Waals surface area contributed by atoms with Crippen molar-refractivity contribution in [1.82, 2.24) is 9.97 Å². The number of halogens is 2. The zero-order valence-corrected chi connectivity index (χ0v) is 15.8. The molecule has 128 valence electrons. The van der Waals surface area contributed by atoms with Crippen molar-refractivity contribution in [3.8, 4) is 0 Å². The summed E-state index contributed by atoms with van der Waals surface area (Å²) in [7, 11) is 0. The van der Waals surface area contributed by atoms with Crippen molar-refractivity contribution in [2.45, 2.75) is 44.9 Å². The molecule has 1 aliphatic carbocycles. The second-order valence-corrected chi connectivity index (χ2v) is 7.84. The van der Waals surface area contributed by atoms with Gasteiger partial charge in [-0.3, -0.25) is 9.78 Å². The Labute approximate surface area is 156 Å². The van der Waals surface area contributed by atoms with E-state index < -0.39 is 0 Å². The van der Waals surface area contributed by atoms with E-state index in [-0.39, 0.29) is 5.56 Å². The molecule has 1 aliphatic rings. The van der Waals surface area contributed by atoms with Gasteiger partial charge in [0.1, 0.15) is 0 Å². The summed E-state index contributed by atoms with van der Waals surface area (Å²) in [6, 6.07) is 5.51. The maximum Gasteiger partial charge on any atom is 0.255 e. The lowest BCUT2D eigenvalue weighted by atomic mass is 9.80. The van der Waals surface area contributed by atoms with Crippen LogP contribution in [0, 0.1) is 10.7 Å². The molecule has 1 aromatic heterocycles. The maximum atomic E-state index is 12.6. The van der Waals surface area contributed by atoms with Crippen LogP contribution < -0.4 is 5.56 Å². The van der Waals surface area contributed by atoms with Crippen molar-refractivity contribution >= 4 is 35.4 Å². The van der Waals surface area contributed by atoms with Crippen LogP contribution in [-0.2, 0) is 6.42 Å². The maximum absolute atomic E-state index is 12.6. The van der Waals surface area contributed by atoms with Gasteiger partial charge in [-0.2, -0.15) is 0 Å². The first-order valence-corrected chi connectivity index (χ1v) is 9.40. The molecule has 0 unspecified atom stereocenters. The van der Waals surface area contributed by atoms with E-state index in [0.29, 0.717) is 32.7 Å². The largest absolute Gasteiger partial charge is 0.335 e. The van der Waals surface area contributed by atoms with Gasteiger partial charge in [0, 0.05) is 17.7 Å². The van der Waals surface area contributed by atoms with E-state index in [1.807, 2.05) is 12.1 Å². The number of H-pyrrole nitrogens is 2. The Kier molecular flexibility index (Phi) is 5.48. The van der Waals surface area contributed by atoms with Gasteiger partial charge in [-0.25, -0.2) is 0 Å². The van der Waals surface area contributed by atoms with Gasteiger partial charge in [-0.05, 0) is 48.5 Å². The molecular formula is C18H20Cl2N2OS. The van der Waals surface area contributed by atoms with Crippen LogP contribution in [0.3, 0.4) is 0 Å². The quantitative estimate of drug-likeness (QED) is 0.676. The zero-order valence-electron chi connectivity index (χ0n) is 13.5. The van der Waals surface area contributed by atoms with E-state index >= 15 is 0 Å². The highest BCUT2D eigenvalue weighted by Crippen LogP contribution is 2.36. The van der Waals surface area contributed by atoms with Crippen LogP contribution in [0.15, 0.2) is 23.0 Å². The topological polar surface area (TPSA) is 48.6 Å². The molecule has 6 heteroatoms. The molecule has 0 spiro atoms. The fourth-order valence-electron chi connectivity index (χ4n) is 3.48. The van der Waals surface area contributed by atoms with Crippen molar-refractivity contribution in [3.05, 3.63) is 60.2 Å². The summed E-state index contributed by atoms with van der Waals surface area (Å²) < 4.78 is 0.384. The molecule has 1 saturated carbocycles. The predicted octanol–water partition coefficient (Wildman–Crippen LogP) is 5.62. The third-order valence-electron chi connectivity index (χ3n) is 4.90. The minimum atomic E-state index is -0.136. The second kappa shape index (κ2) is 7.42. The molecule has 1 fully saturated rings. The van der Waals surface area contributed by atoms with Crippen molar-refractivity contribution in [2.75, 3.05) is 0 Å². The van der Waals surface area contributed by atoms with E-state index in [1.165, 1.54) is 12.8 Å². The fraction of sp³-hybridized carbons (Fsp3) is 0.444. The van der Waals surface area contributed by atoms with Gasteiger partial charge in [0.15, 0.2) is 4.77 Å². The van der Waals surface area contributed by atoms with Crippen LogP contribution in [0.5, 0.6) is 0 Å². The van der Waals surface area contributed by atoms with E-state index in [9.17, 15) is 4.79 Å². The molecular weight excluding hydrogens is 363 g/mol. The second-order valence-electron chi connectivity index (χ2n) is 6.65. The molecule has 0 radical (unpaired) electrons. The molecule has 24 heavy (non-hydrogen) atoms. The smallest absolute Gasteiger partial charge is 0.255 e. The Balaban J connectivity index is 2.02. The molecule has 1 heterocycles. The van der Waals surface area contributed by atoms with Gasteiger partial charge in [-0.1, -0.05) is 55.1 Å². The lowest BCUT2D eigenvalue weighted by Gasteiger charge is -2.27. The molecule has 0 bridgehead atoms. The highest BCUT2D eigenvalue weighted by atomic mass is 35.5. The average Bonchev–Trinajstić information content (AvgIpc) is 2.54. The number of hydrogen-bond donors (Lipinski definition) is 2. The van der Waals surface area contributed by atoms with Crippen LogP contribution in [0.25, 0.3) is 0 Å². The van der Waals surface area contributed by atoms with Gasteiger partial charge >= 0.3 is 0 Å². The van der Waals surface area contributed by atoms with Crippen LogP contribution in [0.2, 0.25) is 10.0 Å². The summed E-state index contributed by atoms with van der Waals surface area (Å²) in [5, 5.41) is 1.01. The minimum Gasteiger partial charge on any atom is -0.335 e. The summed E-state index contributed by atoms with van der Waals surface area (Å²) in [4.78, 5) is 18.5. The van der Waals surface area contributed by atoms with Crippen LogP contribution in [0.4, 0.5) is 0 Å². The van der Waals surface area contributed by atoms with Crippen molar-refractivity contribution in [3.63, 3.8) is 0 Å². The van der Waals surface area contributed by atoms with Crippen LogP contribution in [-0.4, -0.2) is 9.97 Å². The minimum absolute atomic E-state index is 0.136. The molecule has 0 saturated heterocycles. The fourth-order valence-corrected chi connectivity index (χ4v) is 4.07. The molecule has 3 rings (SSSR count). The highest BCUT2D eigenvalue weighted by Gasteiger charge is 2.24. The van der Waals surface area contributed by atoms with Crippen LogP contribution >= 0.6 is 35.4 Å². The molecule has 2 aromatic rings. The number of hydrogen-bond acceptors (Lipinski definition) is 2. The standard InChI is InChI=1S/C18H20Cl2N2OS/c1-10-5-7-11(8-6-10)16-13(17(23)22-18(24)21-16)9-12-3-2-4-14(19)15(12)20/h2-4,10-11H,5-9H2,1H3,(H2,21,22,23,24). The summed E-state index contributed by atoms with van der Waals surface area (Å²) >= 11 is 17.6. The first kappa shape index (κ1) is 17.7. The van der Waals surface area contributed by atoms with Gasteiger partial charge < -0.3 is 4.98 Å². The van der Waals surface area contributed by atoms with Gasteiger partial charge in [-0.15, -0.1) is 0 Å². The predicted molar refractivity (Wildman–Crippen MR) is 102 cm³/mol. The van der Waals surface area contributed by atoms with Crippen molar-refractivity contribution < 1.29 is 0 Å². The lowest BCUT2D eigenvalue weighted by molar-refractivity contribution is 0.342. The zero-order chi connectivity index (χ0) is 17.3. The molecule has 0 aliphatic heterocycles. The SMILES string of the molecule is CC1CCC(c2[nH]c(=S)[nH]c(=O)c2Cc2cccc(Cl)c2Cl)CC1. The highest BCUT2D eigenvalue weighted by molar-refractivity contribution is 7.71.